The highest BCUT2D eigenvalue weighted by Gasteiger charge is 2.42. The van der Waals surface area contributed by atoms with E-state index in [0.717, 1.165) is 5.92 Å². The number of benzene rings is 1. The summed E-state index contributed by atoms with van der Waals surface area (Å²) in [6.07, 6.45) is 11.0. The fourth-order valence-electron chi connectivity index (χ4n) is 5.11. The van der Waals surface area contributed by atoms with Crippen molar-refractivity contribution in [2.24, 2.45) is 5.92 Å². The Morgan fingerprint density at radius 3 is 2.64 bits per heavy atom. The third-order valence-corrected chi connectivity index (χ3v) is 6.64. The lowest BCUT2D eigenvalue weighted by Gasteiger charge is -2.51. The molecule has 1 aromatic rings. The smallest absolute Gasteiger partial charge is 0.0484 e. The number of hydrogen-bond acceptors (Lipinski definition) is 2. The summed E-state index contributed by atoms with van der Waals surface area (Å²) in [7, 11) is 2.34. The largest absolute Gasteiger partial charge is 0.303 e. The summed E-state index contributed by atoms with van der Waals surface area (Å²) in [5.74, 6) is 0.841. The van der Waals surface area contributed by atoms with Crippen LogP contribution in [-0.4, -0.2) is 43.0 Å². The van der Waals surface area contributed by atoms with Gasteiger partial charge in [0.2, 0.25) is 0 Å². The van der Waals surface area contributed by atoms with Gasteiger partial charge in [0, 0.05) is 31.7 Å². The second-order valence-corrected chi connectivity index (χ2v) is 8.18. The van der Waals surface area contributed by atoms with Crippen LogP contribution < -0.4 is 0 Å². The number of hydrogen-bond donors (Lipinski definition) is 0. The van der Waals surface area contributed by atoms with Gasteiger partial charge in [-0.1, -0.05) is 43.7 Å². The molecule has 0 radical (unpaired) electrons. The van der Waals surface area contributed by atoms with Crippen LogP contribution in [0, 0.1) is 5.92 Å². The van der Waals surface area contributed by atoms with Crippen LogP contribution in [0.5, 0.6) is 0 Å². The van der Waals surface area contributed by atoms with Gasteiger partial charge in [0.25, 0.3) is 0 Å². The molecule has 3 rings (SSSR count). The highest BCUT2D eigenvalue weighted by Crippen LogP contribution is 2.42. The summed E-state index contributed by atoms with van der Waals surface area (Å²) >= 11 is 0. The van der Waals surface area contributed by atoms with Crippen LogP contribution in [0.4, 0.5) is 0 Å². The molecule has 138 valence electrons. The molecule has 0 amide bonds. The van der Waals surface area contributed by atoms with E-state index < -0.39 is 0 Å². The number of piperidine rings is 1. The van der Waals surface area contributed by atoms with Gasteiger partial charge in [0.05, 0.1) is 0 Å². The fraction of sp³-hybridized carbons (Fsp3) is 0.652. The first-order chi connectivity index (χ1) is 12.2. The van der Waals surface area contributed by atoms with E-state index in [0.29, 0.717) is 0 Å². The van der Waals surface area contributed by atoms with Gasteiger partial charge in [0.1, 0.15) is 0 Å². The Morgan fingerprint density at radius 2 is 1.92 bits per heavy atom. The summed E-state index contributed by atoms with van der Waals surface area (Å²) in [5.41, 5.74) is 3.48. The molecule has 0 bridgehead atoms. The zero-order chi connectivity index (χ0) is 17.7. The van der Waals surface area contributed by atoms with Crippen molar-refractivity contribution in [1.29, 1.82) is 0 Å². The van der Waals surface area contributed by atoms with Crippen LogP contribution in [0.25, 0.3) is 0 Å². The highest BCUT2D eigenvalue weighted by molar-refractivity contribution is 5.37. The van der Waals surface area contributed by atoms with Gasteiger partial charge >= 0.3 is 0 Å². The molecule has 2 heterocycles. The van der Waals surface area contributed by atoms with Crippen LogP contribution in [-0.2, 0) is 12.0 Å². The van der Waals surface area contributed by atoms with Gasteiger partial charge < -0.3 is 4.90 Å². The van der Waals surface area contributed by atoms with E-state index in [1.807, 2.05) is 0 Å². The van der Waals surface area contributed by atoms with Crippen molar-refractivity contribution in [1.82, 2.24) is 9.80 Å². The van der Waals surface area contributed by atoms with Gasteiger partial charge in [-0.2, -0.15) is 0 Å². The minimum Gasteiger partial charge on any atom is -0.303 e. The Morgan fingerprint density at radius 1 is 1.16 bits per heavy atom. The molecule has 1 unspecified atom stereocenters. The van der Waals surface area contributed by atoms with E-state index in [4.69, 9.17) is 0 Å². The Bertz CT molecular complexity index is 557. The number of fused-ring (bicyclic) bond motifs is 2. The fourth-order valence-corrected chi connectivity index (χ4v) is 5.11. The molecule has 1 aromatic carbocycles. The van der Waals surface area contributed by atoms with Crippen molar-refractivity contribution in [2.75, 3.05) is 33.2 Å². The predicted octanol–water partition coefficient (Wildman–Crippen LogP) is 4.85. The maximum Gasteiger partial charge on any atom is 0.0484 e. The lowest BCUT2D eigenvalue weighted by Crippen LogP contribution is -2.55. The van der Waals surface area contributed by atoms with Crippen LogP contribution in [0.3, 0.4) is 0 Å². The predicted molar refractivity (Wildman–Crippen MR) is 108 cm³/mol. The number of rotatable bonds is 7. The Labute approximate surface area is 154 Å². The van der Waals surface area contributed by atoms with Gasteiger partial charge in [-0.05, 0) is 62.6 Å². The second kappa shape index (κ2) is 8.51. The molecule has 0 aromatic heterocycles. The SMILES string of the molecule is C=CCCC(CCC)CN1CCC2(CC1)c1ccccc1CCN2C. The Kier molecular flexibility index (Phi) is 6.35. The van der Waals surface area contributed by atoms with E-state index in [-0.39, 0.29) is 5.54 Å². The zero-order valence-electron chi connectivity index (χ0n) is 16.3. The molecule has 2 aliphatic rings. The van der Waals surface area contributed by atoms with E-state index in [2.05, 4.69) is 60.7 Å². The zero-order valence-corrected chi connectivity index (χ0v) is 16.3. The molecule has 0 N–H and O–H groups in total. The molecule has 1 spiro atoms. The normalized spacial score (nSPS) is 21.8. The van der Waals surface area contributed by atoms with Crippen molar-refractivity contribution in [2.45, 2.75) is 57.4 Å². The molecular formula is C23H36N2. The standard InChI is InChI=1S/C23H36N2/c1-4-6-10-20(9-5-2)19-25-17-14-23(15-18-25)22-12-8-7-11-21(22)13-16-24(23)3/h4,7-8,11-12,20H,1,5-6,9-10,13-19H2,2-3H3. The van der Waals surface area contributed by atoms with Crippen LogP contribution in [0.1, 0.15) is 56.6 Å². The van der Waals surface area contributed by atoms with E-state index in [1.165, 1.54) is 71.1 Å². The van der Waals surface area contributed by atoms with Crippen molar-refractivity contribution < 1.29 is 0 Å². The summed E-state index contributed by atoms with van der Waals surface area (Å²) in [5, 5.41) is 0. The first kappa shape index (κ1) is 18.7. The maximum absolute atomic E-state index is 3.91. The summed E-state index contributed by atoms with van der Waals surface area (Å²) in [6, 6.07) is 9.19. The lowest BCUT2D eigenvalue weighted by atomic mass is 9.74. The molecule has 1 atom stereocenters. The van der Waals surface area contributed by atoms with Crippen molar-refractivity contribution >= 4 is 0 Å². The van der Waals surface area contributed by atoms with Gasteiger partial charge in [-0.3, -0.25) is 4.90 Å². The first-order valence-electron chi connectivity index (χ1n) is 10.3. The minimum absolute atomic E-state index is 0.284. The third-order valence-electron chi connectivity index (χ3n) is 6.64. The summed E-state index contributed by atoms with van der Waals surface area (Å²) in [4.78, 5) is 5.38. The van der Waals surface area contributed by atoms with Crippen LogP contribution in [0.15, 0.2) is 36.9 Å². The minimum atomic E-state index is 0.284. The maximum atomic E-state index is 3.91. The average Bonchev–Trinajstić information content (AvgIpc) is 2.65. The van der Waals surface area contributed by atoms with Crippen molar-refractivity contribution in [3.05, 3.63) is 48.0 Å². The van der Waals surface area contributed by atoms with Gasteiger partial charge in [0.15, 0.2) is 0 Å². The molecule has 1 fully saturated rings. The van der Waals surface area contributed by atoms with E-state index >= 15 is 0 Å². The number of nitrogens with zero attached hydrogens (tertiary/aromatic N) is 2. The highest BCUT2D eigenvalue weighted by atomic mass is 15.2. The van der Waals surface area contributed by atoms with Gasteiger partial charge in [-0.15, -0.1) is 6.58 Å². The molecule has 1 saturated heterocycles. The molecule has 0 saturated carbocycles. The van der Waals surface area contributed by atoms with E-state index in [1.54, 1.807) is 11.1 Å². The quantitative estimate of drug-likeness (QED) is 0.655. The molecule has 25 heavy (non-hydrogen) atoms. The number of likely N-dealkylation sites (tertiary alicyclic amines) is 1. The van der Waals surface area contributed by atoms with E-state index in [9.17, 15) is 0 Å². The third kappa shape index (κ3) is 4.01. The van der Waals surface area contributed by atoms with Gasteiger partial charge in [-0.25, -0.2) is 0 Å². The molecule has 0 aliphatic carbocycles. The van der Waals surface area contributed by atoms with Crippen LogP contribution >= 0.6 is 0 Å². The molecule has 2 heteroatoms. The number of likely N-dealkylation sites (N-methyl/N-ethyl adjacent to an activating group) is 1. The molecule has 2 aliphatic heterocycles. The Hall–Kier alpha value is -1.12. The van der Waals surface area contributed by atoms with Crippen LogP contribution in [0.2, 0.25) is 0 Å². The topological polar surface area (TPSA) is 6.48 Å². The number of allylic oxidation sites excluding steroid dienone is 1. The summed E-state index contributed by atoms with van der Waals surface area (Å²) < 4.78 is 0. The Balaban J connectivity index is 1.65. The van der Waals surface area contributed by atoms with Crippen molar-refractivity contribution in [3.63, 3.8) is 0 Å². The summed E-state index contributed by atoms with van der Waals surface area (Å²) in [6.45, 7) is 11.2. The van der Waals surface area contributed by atoms with Crippen molar-refractivity contribution in [3.8, 4) is 0 Å². The molecular weight excluding hydrogens is 304 g/mol. The monoisotopic (exact) mass is 340 g/mol. The first-order valence-corrected chi connectivity index (χ1v) is 10.3. The average molecular weight is 341 g/mol. The lowest BCUT2D eigenvalue weighted by molar-refractivity contribution is 0.0224. The molecule has 2 nitrogen and oxygen atoms in total. The second-order valence-electron chi connectivity index (χ2n) is 8.18.